The van der Waals surface area contributed by atoms with E-state index in [0.717, 1.165) is 89.2 Å². The van der Waals surface area contributed by atoms with Crippen molar-refractivity contribution in [1.82, 2.24) is 9.97 Å². The summed E-state index contributed by atoms with van der Waals surface area (Å²) in [5.41, 5.74) is 15.4. The number of pyridine rings is 2. The van der Waals surface area contributed by atoms with Crippen LogP contribution >= 0.6 is 0 Å². The number of hydrogen-bond acceptors (Lipinski definition) is 4. The van der Waals surface area contributed by atoms with Crippen molar-refractivity contribution < 1.29 is 4.42 Å². The smallest absolute Gasteiger partial charge is 0.135 e. The molecule has 0 saturated carbocycles. The third-order valence-corrected chi connectivity index (χ3v) is 11.0. The average molecular weight is 744 g/mol. The standard InChI is InChI=1S/C54H37N3O/c1-2-37-33-40(43-18-6-8-20-45(43)50-22-10-12-30-55-50)17-14-32-57(52-27-24-41(35-47(37)52)44-19-7-9-21-46(44)51-23-11-13-31-56-51)42-26-29-54-49(36-42)48-34-39(25-28-53(48)58-54)38-15-4-3-5-16-38/h1,3-31,33-37H,32H2/b17-14-,40-33+. The van der Waals surface area contributed by atoms with Crippen molar-refractivity contribution in [2.45, 2.75) is 5.92 Å². The van der Waals surface area contributed by atoms with Gasteiger partial charge in [-0.2, -0.15) is 0 Å². The first kappa shape index (κ1) is 34.7. The molecule has 6 aromatic carbocycles. The van der Waals surface area contributed by atoms with E-state index in [4.69, 9.17) is 20.8 Å². The first-order chi connectivity index (χ1) is 28.7. The molecule has 4 heteroatoms. The Balaban J connectivity index is 1.16. The Labute approximate surface area is 338 Å². The van der Waals surface area contributed by atoms with Crippen molar-refractivity contribution in [2.24, 2.45) is 0 Å². The lowest BCUT2D eigenvalue weighted by Gasteiger charge is -2.28. The third kappa shape index (κ3) is 6.45. The summed E-state index contributed by atoms with van der Waals surface area (Å²) in [4.78, 5) is 11.8. The topological polar surface area (TPSA) is 42.2 Å². The Kier molecular flexibility index (Phi) is 9.02. The van der Waals surface area contributed by atoms with Crippen LogP contribution in [0.5, 0.6) is 0 Å². The molecule has 0 N–H and O–H groups in total. The number of nitrogens with zero attached hydrogens (tertiary/aromatic N) is 3. The Morgan fingerprint density at radius 2 is 1.17 bits per heavy atom. The monoisotopic (exact) mass is 743 g/mol. The van der Waals surface area contributed by atoms with Crippen molar-refractivity contribution in [3.63, 3.8) is 0 Å². The molecule has 0 radical (unpaired) electrons. The number of rotatable bonds is 6. The third-order valence-electron chi connectivity index (χ3n) is 11.0. The highest BCUT2D eigenvalue weighted by Crippen LogP contribution is 2.43. The number of allylic oxidation sites excluding steroid dienone is 3. The van der Waals surface area contributed by atoms with Gasteiger partial charge in [0.2, 0.25) is 0 Å². The second kappa shape index (κ2) is 15.1. The van der Waals surface area contributed by atoms with Gasteiger partial charge < -0.3 is 9.32 Å². The molecule has 0 fully saturated rings. The van der Waals surface area contributed by atoms with Crippen LogP contribution in [0, 0.1) is 12.3 Å². The summed E-state index contributed by atoms with van der Waals surface area (Å²) in [6.45, 7) is 0.605. The zero-order chi connectivity index (χ0) is 38.8. The number of furan rings is 1. The van der Waals surface area contributed by atoms with E-state index < -0.39 is 0 Å². The number of anilines is 2. The van der Waals surface area contributed by atoms with Crippen LogP contribution in [0.3, 0.4) is 0 Å². The highest BCUT2D eigenvalue weighted by molar-refractivity contribution is 6.07. The van der Waals surface area contributed by atoms with Crippen LogP contribution in [0.1, 0.15) is 17.0 Å². The van der Waals surface area contributed by atoms with Crippen molar-refractivity contribution in [1.29, 1.82) is 0 Å². The van der Waals surface area contributed by atoms with Gasteiger partial charge in [0.05, 0.1) is 17.3 Å². The fourth-order valence-corrected chi connectivity index (χ4v) is 8.19. The van der Waals surface area contributed by atoms with E-state index in [1.807, 2.05) is 42.7 Å². The quantitative estimate of drug-likeness (QED) is 0.159. The predicted molar refractivity (Wildman–Crippen MR) is 240 cm³/mol. The van der Waals surface area contributed by atoms with E-state index in [-0.39, 0.29) is 5.92 Å². The molecule has 3 aromatic heterocycles. The van der Waals surface area contributed by atoms with Crippen molar-refractivity contribution in [3.05, 3.63) is 212 Å². The van der Waals surface area contributed by atoms with E-state index in [1.165, 1.54) is 5.56 Å². The summed E-state index contributed by atoms with van der Waals surface area (Å²) in [7, 11) is 0. The van der Waals surface area contributed by atoms with E-state index in [9.17, 15) is 0 Å². The van der Waals surface area contributed by atoms with Gasteiger partial charge in [-0.1, -0.05) is 127 Å². The molecule has 4 nitrogen and oxygen atoms in total. The maximum Gasteiger partial charge on any atom is 0.135 e. The zero-order valence-electron chi connectivity index (χ0n) is 31.7. The van der Waals surface area contributed by atoms with E-state index in [0.29, 0.717) is 6.54 Å². The fraction of sp³-hybridized carbons (Fsp3) is 0.0370. The molecule has 0 spiro atoms. The Hall–Kier alpha value is -7.74. The van der Waals surface area contributed by atoms with Gasteiger partial charge in [0.25, 0.3) is 0 Å². The minimum Gasteiger partial charge on any atom is -0.456 e. The number of aromatic nitrogens is 2. The molecule has 274 valence electrons. The SMILES string of the molecule is C#CC1/C=C(c2ccccc2-c2ccccn2)\C=C/CN(c2ccc3oc4ccc(-c5ccccc5)cc4c3c2)c2ccc(-c3ccccc3-c3ccccn3)cc21. The summed E-state index contributed by atoms with van der Waals surface area (Å²) in [5, 5.41) is 2.14. The molecule has 1 atom stereocenters. The van der Waals surface area contributed by atoms with Crippen LogP contribution in [0.15, 0.2) is 205 Å². The molecule has 0 aliphatic carbocycles. The number of terminal acetylenes is 1. The lowest BCUT2D eigenvalue weighted by Crippen LogP contribution is -2.19. The van der Waals surface area contributed by atoms with E-state index in [1.54, 1.807) is 0 Å². The van der Waals surface area contributed by atoms with Gasteiger partial charge >= 0.3 is 0 Å². The molecule has 10 rings (SSSR count). The molecular formula is C54H37N3O. The summed E-state index contributed by atoms with van der Waals surface area (Å²) in [6.07, 6.45) is 16.9. The molecule has 58 heavy (non-hydrogen) atoms. The highest BCUT2D eigenvalue weighted by atomic mass is 16.3. The van der Waals surface area contributed by atoms with Crippen LogP contribution in [0.2, 0.25) is 0 Å². The molecule has 9 aromatic rings. The maximum atomic E-state index is 6.59. The predicted octanol–water partition coefficient (Wildman–Crippen LogP) is 13.6. The van der Waals surface area contributed by atoms with Gasteiger partial charge in [-0.3, -0.25) is 9.97 Å². The number of fused-ring (bicyclic) bond motifs is 4. The summed E-state index contributed by atoms with van der Waals surface area (Å²) in [6, 6.07) is 59.1. The van der Waals surface area contributed by atoms with Crippen LogP contribution in [-0.4, -0.2) is 16.5 Å². The molecule has 1 unspecified atom stereocenters. The van der Waals surface area contributed by atoms with Gasteiger partial charge in [0.1, 0.15) is 11.2 Å². The van der Waals surface area contributed by atoms with Gasteiger partial charge in [-0.05, 0) is 106 Å². The molecule has 0 amide bonds. The lowest BCUT2D eigenvalue weighted by atomic mass is 9.88. The second-order valence-electron chi connectivity index (χ2n) is 14.4. The van der Waals surface area contributed by atoms with Gasteiger partial charge in [-0.15, -0.1) is 6.42 Å². The molecule has 0 saturated heterocycles. The average Bonchev–Trinajstić information content (AvgIpc) is 3.70. The molecule has 0 bridgehead atoms. The Morgan fingerprint density at radius 3 is 1.88 bits per heavy atom. The summed E-state index contributed by atoms with van der Waals surface area (Å²) >= 11 is 0. The van der Waals surface area contributed by atoms with Crippen molar-refractivity contribution in [3.8, 4) is 57.1 Å². The Morgan fingerprint density at radius 1 is 0.552 bits per heavy atom. The first-order valence-electron chi connectivity index (χ1n) is 19.5. The summed E-state index contributed by atoms with van der Waals surface area (Å²) in [5.74, 6) is 2.84. The molecule has 1 aliphatic heterocycles. The zero-order valence-corrected chi connectivity index (χ0v) is 31.7. The van der Waals surface area contributed by atoms with Crippen molar-refractivity contribution in [2.75, 3.05) is 11.4 Å². The van der Waals surface area contributed by atoms with Gasteiger partial charge in [-0.25, -0.2) is 0 Å². The largest absolute Gasteiger partial charge is 0.456 e. The van der Waals surface area contributed by atoms with Crippen LogP contribution in [0.4, 0.5) is 11.4 Å². The van der Waals surface area contributed by atoms with Gasteiger partial charge in [0, 0.05) is 52.2 Å². The minimum absolute atomic E-state index is 0.360. The molecule has 1 aliphatic rings. The molecular weight excluding hydrogens is 707 g/mol. The van der Waals surface area contributed by atoms with Gasteiger partial charge in [0.15, 0.2) is 0 Å². The normalized spacial score (nSPS) is 15.4. The highest BCUT2D eigenvalue weighted by Gasteiger charge is 2.23. The van der Waals surface area contributed by atoms with Crippen LogP contribution in [0.25, 0.3) is 72.3 Å². The Bertz CT molecular complexity index is 3050. The van der Waals surface area contributed by atoms with Crippen LogP contribution < -0.4 is 4.90 Å². The summed E-state index contributed by atoms with van der Waals surface area (Å²) < 4.78 is 6.40. The number of hydrogen-bond donors (Lipinski definition) is 0. The number of benzene rings is 6. The van der Waals surface area contributed by atoms with Crippen LogP contribution in [-0.2, 0) is 0 Å². The fourth-order valence-electron chi connectivity index (χ4n) is 8.19. The van der Waals surface area contributed by atoms with E-state index >= 15 is 0 Å². The minimum atomic E-state index is -0.360. The lowest BCUT2D eigenvalue weighted by molar-refractivity contribution is 0.669. The molecule has 4 heterocycles. The first-order valence-corrected chi connectivity index (χ1v) is 19.5. The van der Waals surface area contributed by atoms with E-state index in [2.05, 4.69) is 169 Å². The van der Waals surface area contributed by atoms with Crippen molar-refractivity contribution >= 4 is 38.9 Å². The maximum absolute atomic E-state index is 6.59. The second-order valence-corrected chi connectivity index (χ2v) is 14.4.